The zero-order valence-corrected chi connectivity index (χ0v) is 6.67. The second-order valence-corrected chi connectivity index (χ2v) is 2.41. The quantitative estimate of drug-likeness (QED) is 0.634. The monoisotopic (exact) mass is 190 g/mol. The molecule has 0 unspecified atom stereocenters. The molecule has 1 heterocycles. The number of aryl methyl sites for hydroxylation is 2. The zero-order valence-electron chi connectivity index (χ0n) is 5.08. The van der Waals surface area contributed by atoms with E-state index in [9.17, 15) is 0 Å². The van der Waals surface area contributed by atoms with Crippen LogP contribution in [0.5, 0.6) is 0 Å². The van der Waals surface area contributed by atoms with Crippen molar-refractivity contribution in [1.82, 2.24) is 20.2 Å². The lowest BCUT2D eigenvalue weighted by Crippen LogP contribution is -2.02. The van der Waals surface area contributed by atoms with Crippen molar-refractivity contribution >= 4 is 15.9 Å². The van der Waals surface area contributed by atoms with Crippen LogP contribution in [0.25, 0.3) is 0 Å². The van der Waals surface area contributed by atoms with Gasteiger partial charge in [0.05, 0.1) is 6.54 Å². The summed E-state index contributed by atoms with van der Waals surface area (Å²) in [6.07, 6.45) is 0. The normalized spacial score (nSPS) is 10.0. The Morgan fingerprint density at radius 3 is 2.89 bits per heavy atom. The first-order valence-electron chi connectivity index (χ1n) is 2.63. The van der Waals surface area contributed by atoms with Gasteiger partial charge >= 0.3 is 0 Å². The first-order chi connectivity index (χ1) is 4.33. The van der Waals surface area contributed by atoms with Gasteiger partial charge in [0, 0.05) is 5.33 Å². The van der Waals surface area contributed by atoms with Gasteiger partial charge in [0.2, 0.25) is 0 Å². The van der Waals surface area contributed by atoms with E-state index in [1.807, 2.05) is 6.92 Å². The van der Waals surface area contributed by atoms with Crippen LogP contribution in [-0.4, -0.2) is 25.5 Å². The molecule has 0 amide bonds. The van der Waals surface area contributed by atoms with Crippen molar-refractivity contribution in [1.29, 1.82) is 0 Å². The van der Waals surface area contributed by atoms with Gasteiger partial charge in [-0.2, -0.15) is 4.80 Å². The van der Waals surface area contributed by atoms with Crippen LogP contribution in [0.15, 0.2) is 0 Å². The Bertz CT molecular complexity index is 184. The maximum Gasteiger partial charge on any atom is 0.171 e. The molecule has 0 N–H and O–H groups in total. The van der Waals surface area contributed by atoms with Crippen LogP contribution in [0.1, 0.15) is 5.82 Å². The summed E-state index contributed by atoms with van der Waals surface area (Å²) in [6, 6.07) is 0. The highest BCUT2D eigenvalue weighted by molar-refractivity contribution is 9.09. The van der Waals surface area contributed by atoms with E-state index in [0.717, 1.165) is 17.7 Å². The van der Waals surface area contributed by atoms with E-state index >= 15 is 0 Å². The van der Waals surface area contributed by atoms with E-state index in [0.29, 0.717) is 0 Å². The summed E-state index contributed by atoms with van der Waals surface area (Å²) in [6.45, 7) is 2.60. The van der Waals surface area contributed by atoms with Crippen LogP contribution in [0.2, 0.25) is 0 Å². The van der Waals surface area contributed by atoms with E-state index in [1.165, 1.54) is 0 Å². The Labute approximate surface area is 61.4 Å². The van der Waals surface area contributed by atoms with E-state index in [4.69, 9.17) is 0 Å². The molecule has 0 saturated carbocycles. The lowest BCUT2D eigenvalue weighted by Gasteiger charge is -1.88. The Morgan fingerprint density at radius 2 is 2.44 bits per heavy atom. The van der Waals surface area contributed by atoms with Crippen molar-refractivity contribution < 1.29 is 0 Å². The molecule has 0 aliphatic carbocycles. The summed E-state index contributed by atoms with van der Waals surface area (Å²) < 4.78 is 0. The number of tetrazole rings is 1. The summed E-state index contributed by atoms with van der Waals surface area (Å²) in [5.41, 5.74) is 0. The summed E-state index contributed by atoms with van der Waals surface area (Å²) in [5, 5.41) is 12.3. The molecular formula is C4H7BrN4. The number of halogens is 1. The van der Waals surface area contributed by atoms with Crippen molar-refractivity contribution in [3.63, 3.8) is 0 Å². The maximum atomic E-state index is 3.96. The van der Waals surface area contributed by atoms with E-state index in [1.54, 1.807) is 4.80 Å². The molecule has 0 atom stereocenters. The molecule has 1 aromatic rings. The van der Waals surface area contributed by atoms with E-state index < -0.39 is 0 Å². The number of hydrogen-bond donors (Lipinski definition) is 0. The zero-order chi connectivity index (χ0) is 6.69. The van der Waals surface area contributed by atoms with Crippen LogP contribution >= 0.6 is 15.9 Å². The Kier molecular flexibility index (Phi) is 2.16. The molecule has 0 spiro atoms. The van der Waals surface area contributed by atoms with Crippen molar-refractivity contribution in [3.8, 4) is 0 Å². The van der Waals surface area contributed by atoms with Crippen LogP contribution in [-0.2, 0) is 6.54 Å². The first-order valence-corrected chi connectivity index (χ1v) is 3.75. The fourth-order valence-electron chi connectivity index (χ4n) is 0.494. The minimum absolute atomic E-state index is 0.718. The smallest absolute Gasteiger partial charge is 0.163 e. The highest BCUT2D eigenvalue weighted by Gasteiger charge is 1.92. The first kappa shape index (κ1) is 6.67. The van der Waals surface area contributed by atoms with Gasteiger partial charge in [0.25, 0.3) is 0 Å². The number of aromatic nitrogens is 4. The van der Waals surface area contributed by atoms with Gasteiger partial charge < -0.3 is 0 Å². The Balaban J connectivity index is 2.61. The fourth-order valence-corrected chi connectivity index (χ4v) is 0.811. The van der Waals surface area contributed by atoms with Crippen molar-refractivity contribution in [2.24, 2.45) is 0 Å². The molecular weight excluding hydrogens is 184 g/mol. The number of rotatable bonds is 2. The summed E-state index contributed by atoms with van der Waals surface area (Å²) in [4.78, 5) is 1.56. The molecule has 0 aliphatic heterocycles. The highest BCUT2D eigenvalue weighted by atomic mass is 79.9. The van der Waals surface area contributed by atoms with Crippen molar-refractivity contribution in [3.05, 3.63) is 5.82 Å². The molecule has 0 radical (unpaired) electrons. The molecule has 0 aliphatic rings. The lowest BCUT2D eigenvalue weighted by molar-refractivity contribution is 0.558. The summed E-state index contributed by atoms with van der Waals surface area (Å²) >= 11 is 3.27. The molecule has 5 heteroatoms. The van der Waals surface area contributed by atoms with Crippen molar-refractivity contribution in [2.75, 3.05) is 5.33 Å². The summed E-state index contributed by atoms with van der Waals surface area (Å²) in [7, 11) is 0. The molecule has 0 saturated heterocycles. The standard InChI is InChI=1S/C4H7BrN4/c1-4-6-8-9(7-4)3-2-5/h2-3H2,1H3. The molecule has 0 aromatic carbocycles. The molecule has 1 aromatic heterocycles. The van der Waals surface area contributed by atoms with Crippen LogP contribution in [0, 0.1) is 6.92 Å². The second-order valence-electron chi connectivity index (χ2n) is 1.62. The largest absolute Gasteiger partial charge is 0.171 e. The Hall–Kier alpha value is -0.450. The fraction of sp³-hybridized carbons (Fsp3) is 0.750. The predicted molar refractivity (Wildman–Crippen MR) is 36.3 cm³/mol. The van der Waals surface area contributed by atoms with Gasteiger partial charge in [-0.15, -0.1) is 10.2 Å². The Morgan fingerprint density at radius 1 is 1.67 bits per heavy atom. The lowest BCUT2D eigenvalue weighted by atomic mass is 10.8. The van der Waals surface area contributed by atoms with Crippen LogP contribution < -0.4 is 0 Å². The minimum Gasteiger partial charge on any atom is -0.163 e. The van der Waals surface area contributed by atoms with Gasteiger partial charge in [0.15, 0.2) is 5.82 Å². The number of nitrogens with zero attached hydrogens (tertiary/aromatic N) is 4. The summed E-state index contributed by atoms with van der Waals surface area (Å²) in [5.74, 6) is 0.718. The van der Waals surface area contributed by atoms with Gasteiger partial charge in [0.1, 0.15) is 0 Å². The third-order valence-electron chi connectivity index (χ3n) is 0.837. The van der Waals surface area contributed by atoms with E-state index in [-0.39, 0.29) is 0 Å². The molecule has 0 bridgehead atoms. The molecule has 4 nitrogen and oxygen atoms in total. The average molecular weight is 191 g/mol. The van der Waals surface area contributed by atoms with Gasteiger partial charge in [-0.25, -0.2) is 0 Å². The highest BCUT2D eigenvalue weighted by Crippen LogP contribution is 1.85. The number of hydrogen-bond acceptors (Lipinski definition) is 3. The topological polar surface area (TPSA) is 43.6 Å². The molecule has 9 heavy (non-hydrogen) atoms. The van der Waals surface area contributed by atoms with Crippen LogP contribution in [0.3, 0.4) is 0 Å². The SMILES string of the molecule is Cc1nnn(CCBr)n1. The maximum absolute atomic E-state index is 3.96. The average Bonchev–Trinajstić information content (AvgIpc) is 2.17. The van der Waals surface area contributed by atoms with E-state index in [2.05, 4.69) is 31.3 Å². The van der Waals surface area contributed by atoms with Crippen LogP contribution in [0.4, 0.5) is 0 Å². The van der Waals surface area contributed by atoms with Crippen molar-refractivity contribution in [2.45, 2.75) is 13.5 Å². The molecule has 0 fully saturated rings. The third-order valence-corrected chi connectivity index (χ3v) is 1.19. The molecule has 1 rings (SSSR count). The van der Waals surface area contributed by atoms with Gasteiger partial charge in [-0.1, -0.05) is 15.9 Å². The minimum atomic E-state index is 0.718. The van der Waals surface area contributed by atoms with Gasteiger partial charge in [-0.3, -0.25) is 0 Å². The third kappa shape index (κ3) is 1.74. The second kappa shape index (κ2) is 2.91. The molecule has 50 valence electrons. The predicted octanol–water partition coefficient (Wildman–Crippen LogP) is 0.376. The van der Waals surface area contributed by atoms with Gasteiger partial charge in [-0.05, 0) is 12.1 Å². The number of alkyl halides is 1.